The predicted molar refractivity (Wildman–Crippen MR) is 133 cm³/mol. The van der Waals surface area contributed by atoms with Gasteiger partial charge in [-0.2, -0.15) is 0 Å². The minimum Gasteiger partial charge on any atom is -0.345 e. The van der Waals surface area contributed by atoms with Crippen LogP contribution in [0.15, 0.2) is 18.2 Å². The van der Waals surface area contributed by atoms with Crippen LogP contribution >= 0.6 is 0 Å². The first-order chi connectivity index (χ1) is 16.5. The topological polar surface area (TPSA) is 119 Å². The van der Waals surface area contributed by atoms with E-state index in [0.29, 0.717) is 36.2 Å². The van der Waals surface area contributed by atoms with Crippen molar-refractivity contribution < 1.29 is 19.6 Å². The van der Waals surface area contributed by atoms with Gasteiger partial charge in [0.25, 0.3) is 0 Å². The lowest BCUT2D eigenvalue weighted by atomic mass is 9.85. The van der Waals surface area contributed by atoms with Crippen LogP contribution in [0.25, 0.3) is 11.0 Å². The molecule has 1 aliphatic carbocycles. The van der Waals surface area contributed by atoms with Crippen LogP contribution in [0.1, 0.15) is 77.2 Å². The summed E-state index contributed by atoms with van der Waals surface area (Å²) in [4.78, 5) is 45.8. The van der Waals surface area contributed by atoms with Gasteiger partial charge in [-0.3, -0.25) is 19.6 Å². The van der Waals surface area contributed by atoms with Gasteiger partial charge in [-0.1, -0.05) is 52.5 Å². The van der Waals surface area contributed by atoms with Gasteiger partial charge >= 0.3 is 0 Å². The van der Waals surface area contributed by atoms with Crippen LogP contribution in [0.5, 0.6) is 0 Å². The summed E-state index contributed by atoms with van der Waals surface area (Å²) in [5.74, 6) is 0.373. The number of nitrogens with one attached hydrogen (secondary N) is 2. The third kappa shape index (κ3) is 7.04. The number of nitrogens with zero attached hydrogens (tertiary/aromatic N) is 3. The molecule has 1 aromatic carbocycles. The van der Waals surface area contributed by atoms with E-state index >= 15 is 0 Å². The molecule has 0 radical (unpaired) electrons. The number of amides is 3. The molecule has 3 amide bonds. The fourth-order valence-electron chi connectivity index (χ4n) is 4.83. The highest BCUT2D eigenvalue weighted by Gasteiger charge is 2.34. The van der Waals surface area contributed by atoms with Crippen molar-refractivity contribution in [2.75, 3.05) is 13.6 Å². The lowest BCUT2D eigenvalue weighted by molar-refractivity contribution is -0.155. The maximum atomic E-state index is 13.4. The summed E-state index contributed by atoms with van der Waals surface area (Å²) >= 11 is 0. The number of carbonyl (C=O) groups is 3. The molecular weight excluding hydrogens is 446 g/mol. The number of imidazole rings is 1. The molecule has 2 atom stereocenters. The van der Waals surface area contributed by atoms with Crippen molar-refractivity contribution in [2.45, 2.75) is 72.4 Å². The van der Waals surface area contributed by atoms with Gasteiger partial charge in [0.1, 0.15) is 5.82 Å². The standard InChI is InChI=1S/C26H39N5O4/c1-17(33)30(5)14-19-10-11-21-22(13-19)28-24(27-21)23(26(2,3)4)29-25(34)20(15-31(35)16-32)12-18-8-6-7-9-18/h10-11,13,16,18,20,23,35H,6-9,12,14-15H2,1-5H3,(H,27,28)(H,29,34)/t20?,23-/m1/s1. The number of aromatic nitrogens is 2. The Balaban J connectivity index is 1.83. The Hall–Kier alpha value is -2.94. The van der Waals surface area contributed by atoms with E-state index in [4.69, 9.17) is 4.98 Å². The molecule has 0 bridgehead atoms. The van der Waals surface area contributed by atoms with Crippen LogP contribution in [0, 0.1) is 17.3 Å². The number of fused-ring (bicyclic) bond motifs is 1. The number of hydroxylamine groups is 2. The SMILES string of the molecule is CC(=O)N(C)Cc1ccc2nc([C@@H](NC(=O)C(CC3CCCC3)CN(O)C=O)C(C)(C)C)[nH]c2c1. The van der Waals surface area contributed by atoms with Gasteiger partial charge in [0.05, 0.1) is 29.5 Å². The Morgan fingerprint density at radius 2 is 1.97 bits per heavy atom. The van der Waals surface area contributed by atoms with E-state index in [9.17, 15) is 19.6 Å². The van der Waals surface area contributed by atoms with Crippen LogP contribution < -0.4 is 5.32 Å². The lowest BCUT2D eigenvalue weighted by Crippen LogP contribution is -2.43. The summed E-state index contributed by atoms with van der Waals surface area (Å²) in [6.07, 6.45) is 5.44. The zero-order chi connectivity index (χ0) is 25.8. The van der Waals surface area contributed by atoms with E-state index in [2.05, 4.69) is 10.3 Å². The van der Waals surface area contributed by atoms with Gasteiger partial charge in [0.15, 0.2) is 0 Å². The van der Waals surface area contributed by atoms with Crippen LogP contribution in [0.4, 0.5) is 0 Å². The number of rotatable bonds is 10. The molecule has 1 heterocycles. The van der Waals surface area contributed by atoms with Crippen molar-refractivity contribution in [3.63, 3.8) is 0 Å². The van der Waals surface area contributed by atoms with Crippen molar-refractivity contribution in [2.24, 2.45) is 17.3 Å². The molecule has 3 N–H and O–H groups in total. The average Bonchev–Trinajstić information content (AvgIpc) is 3.45. The van der Waals surface area contributed by atoms with Crippen LogP contribution in [-0.2, 0) is 20.9 Å². The van der Waals surface area contributed by atoms with E-state index in [1.807, 2.05) is 39.0 Å². The summed E-state index contributed by atoms with van der Waals surface area (Å²) in [6, 6.07) is 5.43. The summed E-state index contributed by atoms with van der Waals surface area (Å²) in [7, 11) is 1.76. The number of H-pyrrole nitrogens is 1. The molecule has 1 unspecified atom stereocenters. The van der Waals surface area contributed by atoms with Gasteiger partial charge in [-0.05, 0) is 35.4 Å². The summed E-state index contributed by atoms with van der Waals surface area (Å²) in [5.41, 5.74) is 2.25. The number of hydrogen-bond donors (Lipinski definition) is 3. The molecule has 35 heavy (non-hydrogen) atoms. The molecule has 0 aliphatic heterocycles. The molecule has 1 aromatic heterocycles. The minimum atomic E-state index is -0.503. The molecule has 3 rings (SSSR count). The second-order valence-electron chi connectivity index (χ2n) is 11.0. The van der Waals surface area contributed by atoms with Gasteiger partial charge in [0.2, 0.25) is 18.2 Å². The highest BCUT2D eigenvalue weighted by atomic mass is 16.5. The Bertz CT molecular complexity index is 1040. The first-order valence-corrected chi connectivity index (χ1v) is 12.4. The number of hydrogen-bond acceptors (Lipinski definition) is 5. The average molecular weight is 486 g/mol. The predicted octanol–water partition coefficient (Wildman–Crippen LogP) is 3.79. The number of benzene rings is 1. The summed E-state index contributed by atoms with van der Waals surface area (Å²) in [6.45, 7) is 8.11. The van der Waals surface area contributed by atoms with Crippen LogP contribution in [0.2, 0.25) is 0 Å². The second-order valence-corrected chi connectivity index (χ2v) is 11.0. The van der Waals surface area contributed by atoms with Crippen LogP contribution in [0.3, 0.4) is 0 Å². The Morgan fingerprint density at radius 3 is 2.57 bits per heavy atom. The monoisotopic (exact) mass is 485 g/mol. The molecule has 9 heteroatoms. The maximum absolute atomic E-state index is 13.4. The quantitative estimate of drug-likeness (QED) is 0.269. The van der Waals surface area contributed by atoms with E-state index < -0.39 is 12.0 Å². The normalized spacial score (nSPS) is 16.2. The van der Waals surface area contributed by atoms with Crippen molar-refractivity contribution in [3.05, 3.63) is 29.6 Å². The van der Waals surface area contributed by atoms with Crippen molar-refractivity contribution in [1.82, 2.24) is 25.2 Å². The van der Waals surface area contributed by atoms with Crippen molar-refractivity contribution >= 4 is 29.3 Å². The molecule has 192 valence electrons. The Kier molecular flexibility index (Phi) is 8.53. The first kappa shape index (κ1) is 26.7. The van der Waals surface area contributed by atoms with Gasteiger partial charge in [-0.25, -0.2) is 10.0 Å². The molecule has 1 saturated carbocycles. The highest BCUT2D eigenvalue weighted by Crippen LogP contribution is 2.34. The second kappa shape index (κ2) is 11.2. The van der Waals surface area contributed by atoms with E-state index in [1.165, 1.54) is 6.92 Å². The van der Waals surface area contributed by atoms with Crippen molar-refractivity contribution in [3.8, 4) is 0 Å². The first-order valence-electron chi connectivity index (χ1n) is 12.4. The number of carbonyl (C=O) groups excluding carboxylic acids is 3. The minimum absolute atomic E-state index is 0.00547. The van der Waals surface area contributed by atoms with E-state index in [-0.39, 0.29) is 23.8 Å². The van der Waals surface area contributed by atoms with Gasteiger partial charge in [-0.15, -0.1) is 0 Å². The molecule has 1 fully saturated rings. The fraction of sp³-hybridized carbons (Fsp3) is 0.615. The highest BCUT2D eigenvalue weighted by molar-refractivity contribution is 5.80. The molecule has 0 spiro atoms. The van der Waals surface area contributed by atoms with Gasteiger partial charge < -0.3 is 15.2 Å². The third-order valence-corrected chi connectivity index (χ3v) is 6.94. The summed E-state index contributed by atoms with van der Waals surface area (Å²) in [5, 5.41) is 13.5. The zero-order valence-corrected chi connectivity index (χ0v) is 21.5. The van der Waals surface area contributed by atoms with Crippen molar-refractivity contribution in [1.29, 1.82) is 0 Å². The number of aromatic amines is 1. The maximum Gasteiger partial charge on any atom is 0.233 e. The third-order valence-electron chi connectivity index (χ3n) is 6.94. The van der Waals surface area contributed by atoms with E-state index in [1.54, 1.807) is 11.9 Å². The lowest BCUT2D eigenvalue weighted by Gasteiger charge is -2.32. The molecule has 9 nitrogen and oxygen atoms in total. The molecule has 2 aromatic rings. The summed E-state index contributed by atoms with van der Waals surface area (Å²) < 4.78 is 0. The largest absolute Gasteiger partial charge is 0.345 e. The Morgan fingerprint density at radius 1 is 1.29 bits per heavy atom. The molecule has 0 saturated heterocycles. The van der Waals surface area contributed by atoms with Gasteiger partial charge in [0, 0.05) is 20.5 Å². The van der Waals surface area contributed by atoms with E-state index in [0.717, 1.165) is 42.3 Å². The molecular formula is C26H39N5O4. The fourth-order valence-corrected chi connectivity index (χ4v) is 4.83. The molecule has 1 aliphatic rings. The van der Waals surface area contributed by atoms with Crippen LogP contribution in [-0.4, -0.2) is 57.0 Å². The smallest absolute Gasteiger partial charge is 0.233 e. The Labute approximate surface area is 207 Å². The zero-order valence-electron chi connectivity index (χ0n) is 21.5.